The number of carbonyl (C=O) groups excluding carboxylic acids is 3. The highest BCUT2D eigenvalue weighted by molar-refractivity contribution is 5.93. The molecule has 4 atom stereocenters. The number of rotatable bonds is 13. The van der Waals surface area contributed by atoms with Gasteiger partial charge in [-0.2, -0.15) is 0 Å². The van der Waals surface area contributed by atoms with Crippen molar-refractivity contribution in [3.63, 3.8) is 0 Å². The first-order chi connectivity index (χ1) is 18.9. The fraction of sp³-hybridized carbons (Fsp3) is 0.656. The maximum absolute atomic E-state index is 13.8. The second-order valence-corrected chi connectivity index (χ2v) is 12.1. The van der Waals surface area contributed by atoms with E-state index in [9.17, 15) is 19.5 Å². The molecule has 1 fully saturated rings. The predicted molar refractivity (Wildman–Crippen MR) is 161 cm³/mol. The number of carbonyl (C=O) groups is 3. The minimum absolute atomic E-state index is 0.0351. The number of nitrogens with zero attached hydrogens (tertiary/aromatic N) is 2. The Hall–Kier alpha value is -2.71. The van der Waals surface area contributed by atoms with Gasteiger partial charge in [-0.05, 0) is 64.0 Å². The molecule has 0 aromatic heterocycles. The molecule has 8 nitrogen and oxygen atoms in total. The van der Waals surface area contributed by atoms with E-state index in [-0.39, 0.29) is 54.3 Å². The van der Waals surface area contributed by atoms with E-state index in [1.807, 2.05) is 64.1 Å². The van der Waals surface area contributed by atoms with Gasteiger partial charge in [-0.25, -0.2) is 0 Å². The van der Waals surface area contributed by atoms with Crippen LogP contribution in [0.1, 0.15) is 73.3 Å². The van der Waals surface area contributed by atoms with Gasteiger partial charge in [-0.3, -0.25) is 19.3 Å². The maximum Gasteiger partial charge on any atom is 0.246 e. The van der Waals surface area contributed by atoms with E-state index in [4.69, 9.17) is 0 Å². The number of aliphatic hydroxyl groups excluding tert-OH is 1. The molecular formula is C32H52N4O4. The third-order valence-corrected chi connectivity index (χ3v) is 7.88. The number of likely N-dealkylation sites (N-methyl/N-ethyl adjacent to an activating group) is 1. The Morgan fingerprint density at radius 2 is 1.68 bits per heavy atom. The number of piperidine rings is 1. The summed E-state index contributed by atoms with van der Waals surface area (Å²) in [7, 11) is 1.74. The van der Waals surface area contributed by atoms with E-state index in [2.05, 4.69) is 29.4 Å². The highest BCUT2D eigenvalue weighted by atomic mass is 16.3. The molecular weight excluding hydrogens is 504 g/mol. The molecule has 0 saturated carbocycles. The highest BCUT2D eigenvalue weighted by Crippen LogP contribution is 2.21. The van der Waals surface area contributed by atoms with Crippen molar-refractivity contribution in [1.29, 1.82) is 0 Å². The maximum atomic E-state index is 13.8. The molecule has 0 spiro atoms. The molecule has 1 heterocycles. The number of hydrogen-bond donors (Lipinski definition) is 3. The van der Waals surface area contributed by atoms with Gasteiger partial charge >= 0.3 is 0 Å². The Balaban J connectivity index is 2.15. The normalized spacial score (nSPS) is 18.9. The van der Waals surface area contributed by atoms with Crippen LogP contribution in [0.4, 0.5) is 0 Å². The number of amides is 3. The van der Waals surface area contributed by atoms with E-state index in [0.29, 0.717) is 12.0 Å². The Labute approximate surface area is 241 Å². The van der Waals surface area contributed by atoms with E-state index in [1.165, 1.54) is 0 Å². The summed E-state index contributed by atoms with van der Waals surface area (Å²) in [5, 5.41) is 15.9. The fourth-order valence-corrected chi connectivity index (χ4v) is 5.43. The quantitative estimate of drug-likeness (QED) is 0.323. The third kappa shape index (κ3) is 9.44. The molecule has 8 heteroatoms. The van der Waals surface area contributed by atoms with Crippen molar-refractivity contribution in [3.05, 3.63) is 47.5 Å². The molecule has 40 heavy (non-hydrogen) atoms. The Morgan fingerprint density at radius 3 is 2.23 bits per heavy atom. The molecule has 0 unspecified atom stereocenters. The van der Waals surface area contributed by atoms with Gasteiger partial charge in [0.05, 0.1) is 24.7 Å². The lowest BCUT2D eigenvalue weighted by Gasteiger charge is -2.39. The van der Waals surface area contributed by atoms with Crippen LogP contribution in [-0.4, -0.2) is 83.0 Å². The minimum atomic E-state index is -0.665. The average Bonchev–Trinajstić information content (AvgIpc) is 2.93. The van der Waals surface area contributed by atoms with Crippen LogP contribution in [0.25, 0.3) is 0 Å². The van der Waals surface area contributed by atoms with E-state index < -0.39 is 12.1 Å². The van der Waals surface area contributed by atoms with Gasteiger partial charge in [-0.1, -0.05) is 70.5 Å². The van der Waals surface area contributed by atoms with Crippen molar-refractivity contribution in [2.75, 3.05) is 20.2 Å². The van der Waals surface area contributed by atoms with Crippen LogP contribution in [0, 0.1) is 11.8 Å². The standard InChI is InChI=1S/C32H52N4O4/c1-21(2)28(18-24(7)30(38)33-26(20-37)19-25-14-10-9-11-15-25)35(8)32(40)29(22(3)4)34-31(39)27-16-12-13-17-36(27)23(5)6/h9-11,14-15,18,21-23,26-29,37H,12-13,16-17,19-20H2,1-8H3,(H,33,38)(H,34,39)/b24-18+/t26-,27+,28+,29-/m0/s1. The SMILES string of the molecule is C/C(=C\[C@H](C(C)C)N(C)C(=O)[C@@H](NC(=O)[C@H]1CCCCN1C(C)C)C(C)C)C(=O)N[C@H](CO)Cc1ccccc1. The Bertz CT molecular complexity index is 992. The van der Waals surface area contributed by atoms with Crippen LogP contribution in [0.5, 0.6) is 0 Å². The molecule has 0 bridgehead atoms. The van der Waals surface area contributed by atoms with Gasteiger partial charge in [0.1, 0.15) is 6.04 Å². The van der Waals surface area contributed by atoms with E-state index >= 15 is 0 Å². The van der Waals surface area contributed by atoms with Gasteiger partial charge in [-0.15, -0.1) is 0 Å². The first-order valence-electron chi connectivity index (χ1n) is 14.8. The summed E-state index contributed by atoms with van der Waals surface area (Å²) in [4.78, 5) is 44.1. The van der Waals surface area contributed by atoms with Crippen molar-refractivity contribution in [3.8, 4) is 0 Å². The first-order valence-corrected chi connectivity index (χ1v) is 14.8. The summed E-state index contributed by atoms with van der Waals surface area (Å²) in [5.74, 6) is -0.598. The van der Waals surface area contributed by atoms with E-state index in [1.54, 1.807) is 18.9 Å². The molecule has 0 radical (unpaired) electrons. The van der Waals surface area contributed by atoms with Gasteiger partial charge in [0.2, 0.25) is 17.7 Å². The number of benzene rings is 1. The summed E-state index contributed by atoms with van der Waals surface area (Å²) in [6, 6.07) is 8.32. The largest absolute Gasteiger partial charge is 0.394 e. The lowest BCUT2D eigenvalue weighted by atomic mass is 9.95. The molecule has 1 aliphatic heterocycles. The number of nitrogens with one attached hydrogen (secondary N) is 2. The number of hydrogen-bond acceptors (Lipinski definition) is 5. The molecule has 1 aromatic carbocycles. The van der Waals surface area contributed by atoms with Crippen molar-refractivity contribution < 1.29 is 19.5 Å². The zero-order chi connectivity index (χ0) is 30.0. The number of aliphatic hydroxyl groups is 1. The van der Waals surface area contributed by atoms with Crippen LogP contribution in [0.15, 0.2) is 42.0 Å². The van der Waals surface area contributed by atoms with E-state index in [0.717, 1.165) is 31.4 Å². The topological polar surface area (TPSA) is 102 Å². The third-order valence-electron chi connectivity index (χ3n) is 7.88. The lowest BCUT2D eigenvalue weighted by Crippen LogP contribution is -2.58. The Morgan fingerprint density at radius 1 is 1.02 bits per heavy atom. The zero-order valence-corrected chi connectivity index (χ0v) is 25.8. The van der Waals surface area contributed by atoms with Crippen molar-refractivity contribution in [1.82, 2.24) is 20.4 Å². The molecule has 2 rings (SSSR count). The van der Waals surface area contributed by atoms with Crippen LogP contribution < -0.4 is 10.6 Å². The second kappa shape index (κ2) is 15.9. The summed E-state index contributed by atoms with van der Waals surface area (Å²) < 4.78 is 0. The zero-order valence-electron chi connectivity index (χ0n) is 25.8. The van der Waals surface area contributed by atoms with Gasteiger partial charge in [0.15, 0.2) is 0 Å². The van der Waals surface area contributed by atoms with Crippen molar-refractivity contribution in [2.24, 2.45) is 11.8 Å². The molecule has 1 aliphatic rings. The van der Waals surface area contributed by atoms with Crippen LogP contribution in [-0.2, 0) is 20.8 Å². The molecule has 3 amide bonds. The molecule has 0 aliphatic carbocycles. The molecule has 3 N–H and O–H groups in total. The first kappa shape index (κ1) is 33.5. The summed E-state index contributed by atoms with van der Waals surface area (Å²) in [6.45, 7) is 14.5. The van der Waals surface area contributed by atoms with Crippen molar-refractivity contribution >= 4 is 17.7 Å². The molecule has 1 saturated heterocycles. The second-order valence-electron chi connectivity index (χ2n) is 12.1. The summed E-state index contributed by atoms with van der Waals surface area (Å²) in [6.07, 6.45) is 5.22. The highest BCUT2D eigenvalue weighted by Gasteiger charge is 2.36. The average molecular weight is 557 g/mol. The van der Waals surface area contributed by atoms with Gasteiger partial charge < -0.3 is 20.6 Å². The Kier molecular flexibility index (Phi) is 13.3. The fourth-order valence-electron chi connectivity index (χ4n) is 5.43. The smallest absolute Gasteiger partial charge is 0.246 e. The van der Waals surface area contributed by atoms with Gasteiger partial charge in [0, 0.05) is 18.7 Å². The summed E-state index contributed by atoms with van der Waals surface area (Å²) >= 11 is 0. The molecule has 224 valence electrons. The van der Waals surface area contributed by atoms with Crippen LogP contribution in [0.2, 0.25) is 0 Å². The lowest BCUT2D eigenvalue weighted by molar-refractivity contribution is -0.140. The van der Waals surface area contributed by atoms with Crippen LogP contribution >= 0.6 is 0 Å². The summed E-state index contributed by atoms with van der Waals surface area (Å²) in [5.41, 5.74) is 1.50. The molecule has 1 aromatic rings. The predicted octanol–water partition coefficient (Wildman–Crippen LogP) is 3.54. The number of likely N-dealkylation sites (tertiary alicyclic amines) is 1. The van der Waals surface area contributed by atoms with Gasteiger partial charge in [0.25, 0.3) is 0 Å². The minimum Gasteiger partial charge on any atom is -0.394 e. The monoisotopic (exact) mass is 556 g/mol. The van der Waals surface area contributed by atoms with Crippen LogP contribution in [0.3, 0.4) is 0 Å². The van der Waals surface area contributed by atoms with Crippen molar-refractivity contribution in [2.45, 2.75) is 104 Å².